The van der Waals surface area contributed by atoms with Crippen LogP contribution in [0.25, 0.3) is 27.5 Å². The van der Waals surface area contributed by atoms with Crippen molar-refractivity contribution in [2.24, 2.45) is 0 Å². The predicted molar refractivity (Wildman–Crippen MR) is 144 cm³/mol. The van der Waals surface area contributed by atoms with Crippen LogP contribution in [0.5, 0.6) is 6.01 Å². The van der Waals surface area contributed by atoms with Gasteiger partial charge in [0.25, 0.3) is 5.56 Å². The molecule has 0 aliphatic heterocycles. The minimum Gasteiger partial charge on any atom is -0.463 e. The van der Waals surface area contributed by atoms with Gasteiger partial charge < -0.3 is 10.1 Å². The summed E-state index contributed by atoms with van der Waals surface area (Å²) in [6.07, 6.45) is -1.45. The van der Waals surface area contributed by atoms with Crippen molar-refractivity contribution in [2.45, 2.75) is 38.9 Å². The molecule has 0 bridgehead atoms. The molecule has 3 aromatic heterocycles. The maximum absolute atomic E-state index is 14.2. The summed E-state index contributed by atoms with van der Waals surface area (Å²) in [5.41, 5.74) is -0.645. The molecule has 0 aliphatic carbocycles. The average Bonchev–Trinajstić information content (AvgIpc) is 2.92. The highest BCUT2D eigenvalue weighted by Crippen LogP contribution is 2.35. The van der Waals surface area contributed by atoms with Crippen molar-refractivity contribution >= 4 is 27.6 Å². The predicted octanol–water partition coefficient (Wildman–Crippen LogP) is 6.84. The van der Waals surface area contributed by atoms with E-state index >= 15 is 0 Å². The van der Waals surface area contributed by atoms with Gasteiger partial charge in [0.2, 0.25) is 0 Å². The third-order valence-corrected chi connectivity index (χ3v) is 6.41. The number of nitrogens with zero attached hydrogens (tertiary/aromatic N) is 4. The molecule has 0 saturated carbocycles. The second-order valence-corrected chi connectivity index (χ2v) is 9.25. The monoisotopic (exact) mass is 551 g/mol. The van der Waals surface area contributed by atoms with Crippen molar-refractivity contribution in [3.05, 3.63) is 94.3 Å². The number of hydrogen-bond acceptors (Lipinski definition) is 6. The van der Waals surface area contributed by atoms with E-state index < -0.39 is 34.5 Å². The highest BCUT2D eigenvalue weighted by Gasteiger charge is 2.34. The largest absolute Gasteiger partial charge is 0.463 e. The van der Waals surface area contributed by atoms with Crippen LogP contribution in [0.1, 0.15) is 44.0 Å². The summed E-state index contributed by atoms with van der Waals surface area (Å²) >= 11 is 0. The molecule has 0 aliphatic rings. The molecular formula is C29H25F4N5O2. The number of ether oxygens (including phenoxy) is 1. The number of rotatable bonds is 8. The summed E-state index contributed by atoms with van der Waals surface area (Å²) in [4.78, 5) is 27.0. The Balaban J connectivity index is 1.68. The molecule has 5 rings (SSSR count). The zero-order valence-corrected chi connectivity index (χ0v) is 21.7. The minimum absolute atomic E-state index is 0.0850. The fourth-order valence-electron chi connectivity index (χ4n) is 4.52. The van der Waals surface area contributed by atoms with E-state index in [1.54, 1.807) is 25.3 Å². The van der Waals surface area contributed by atoms with Gasteiger partial charge in [0.1, 0.15) is 11.3 Å². The van der Waals surface area contributed by atoms with E-state index in [9.17, 15) is 22.4 Å². The van der Waals surface area contributed by atoms with E-state index in [0.717, 1.165) is 29.5 Å². The standard InChI is InChI=1S/C29H25F4N5O2/c1-3-4-14-40-28-36-22-12-7-13-34-25(22)26(37-28)35-17(2)23-15-18-8-5-11-21(29(31,32)33)24(18)27(39)38(23)20-10-6-9-19(30)16-20/h5-13,15-17H,3-4,14H2,1-2H3,(H,35,36,37)/t17-/m0/s1. The molecule has 2 aromatic carbocycles. The Morgan fingerprint density at radius 1 is 1.05 bits per heavy atom. The van der Waals surface area contributed by atoms with Crippen LogP contribution in [0.15, 0.2) is 71.7 Å². The van der Waals surface area contributed by atoms with E-state index in [0.29, 0.717) is 29.2 Å². The SMILES string of the molecule is CCCCOc1nc(N[C@@H](C)c2cc3cccc(C(F)(F)F)c3c(=O)n2-c2cccc(F)c2)c2ncccc2n1. The average molecular weight is 552 g/mol. The molecule has 1 atom stereocenters. The molecule has 206 valence electrons. The van der Waals surface area contributed by atoms with Gasteiger partial charge in [0.15, 0.2) is 5.82 Å². The maximum Gasteiger partial charge on any atom is 0.417 e. The Bertz CT molecular complexity index is 1750. The van der Waals surface area contributed by atoms with Gasteiger partial charge in [0, 0.05) is 11.9 Å². The number of halogens is 4. The molecule has 7 nitrogen and oxygen atoms in total. The molecular weight excluding hydrogens is 526 g/mol. The molecule has 11 heteroatoms. The van der Waals surface area contributed by atoms with Gasteiger partial charge >= 0.3 is 12.2 Å². The van der Waals surface area contributed by atoms with Crippen LogP contribution in [-0.2, 0) is 6.18 Å². The van der Waals surface area contributed by atoms with Gasteiger partial charge in [-0.05, 0) is 61.2 Å². The van der Waals surface area contributed by atoms with Crippen LogP contribution in [0.4, 0.5) is 23.4 Å². The van der Waals surface area contributed by atoms with E-state index in [-0.39, 0.29) is 17.1 Å². The first kappa shape index (κ1) is 27.0. The first-order valence-electron chi connectivity index (χ1n) is 12.7. The molecule has 0 amide bonds. The molecule has 1 N–H and O–H groups in total. The quantitative estimate of drug-likeness (QED) is 0.168. The molecule has 0 fully saturated rings. The van der Waals surface area contributed by atoms with Gasteiger partial charge in [-0.3, -0.25) is 14.3 Å². The molecule has 40 heavy (non-hydrogen) atoms. The van der Waals surface area contributed by atoms with Gasteiger partial charge in [-0.2, -0.15) is 23.1 Å². The Kier molecular flexibility index (Phi) is 7.38. The smallest absolute Gasteiger partial charge is 0.417 e. The lowest BCUT2D eigenvalue weighted by Gasteiger charge is -2.23. The number of anilines is 1. The van der Waals surface area contributed by atoms with Crippen molar-refractivity contribution in [3.63, 3.8) is 0 Å². The summed E-state index contributed by atoms with van der Waals surface area (Å²) in [5, 5.41) is 2.82. The Hall–Kier alpha value is -4.54. The number of alkyl halides is 3. The fourth-order valence-corrected chi connectivity index (χ4v) is 4.52. The van der Waals surface area contributed by atoms with Crippen LogP contribution >= 0.6 is 0 Å². The first-order chi connectivity index (χ1) is 19.2. The number of unbranched alkanes of at least 4 members (excludes halogenated alkanes) is 1. The Labute approximate surface area is 226 Å². The lowest BCUT2D eigenvalue weighted by atomic mass is 10.0. The molecule has 3 heterocycles. The van der Waals surface area contributed by atoms with Crippen molar-refractivity contribution in [2.75, 3.05) is 11.9 Å². The van der Waals surface area contributed by atoms with Crippen molar-refractivity contribution in [1.29, 1.82) is 0 Å². The van der Waals surface area contributed by atoms with E-state index in [1.807, 2.05) is 6.92 Å². The first-order valence-corrected chi connectivity index (χ1v) is 12.7. The highest BCUT2D eigenvalue weighted by atomic mass is 19.4. The van der Waals surface area contributed by atoms with Gasteiger partial charge in [0.05, 0.1) is 34.8 Å². The summed E-state index contributed by atoms with van der Waals surface area (Å²) in [6, 6.07) is 13.1. The normalized spacial score (nSPS) is 12.6. The molecule has 0 spiro atoms. The van der Waals surface area contributed by atoms with Crippen molar-refractivity contribution in [1.82, 2.24) is 19.5 Å². The summed E-state index contributed by atoms with van der Waals surface area (Å²) in [5.74, 6) is -0.327. The maximum atomic E-state index is 14.2. The Morgan fingerprint density at radius 2 is 1.85 bits per heavy atom. The number of fused-ring (bicyclic) bond motifs is 2. The third kappa shape index (κ3) is 5.31. The zero-order valence-electron chi connectivity index (χ0n) is 21.7. The number of benzene rings is 2. The van der Waals surface area contributed by atoms with E-state index in [4.69, 9.17) is 4.74 Å². The van der Waals surface area contributed by atoms with Gasteiger partial charge in [-0.15, -0.1) is 0 Å². The number of hydrogen-bond donors (Lipinski definition) is 1. The summed E-state index contributed by atoms with van der Waals surface area (Å²) < 4.78 is 62.7. The van der Waals surface area contributed by atoms with Gasteiger partial charge in [-0.1, -0.05) is 31.5 Å². The number of aromatic nitrogens is 4. The highest BCUT2D eigenvalue weighted by molar-refractivity contribution is 5.87. The van der Waals surface area contributed by atoms with Crippen LogP contribution < -0.4 is 15.6 Å². The van der Waals surface area contributed by atoms with E-state index in [2.05, 4.69) is 20.3 Å². The molecule has 5 aromatic rings. The molecule has 0 unspecified atom stereocenters. The number of pyridine rings is 2. The summed E-state index contributed by atoms with van der Waals surface area (Å²) in [7, 11) is 0. The topological polar surface area (TPSA) is 81.9 Å². The third-order valence-electron chi connectivity index (χ3n) is 6.41. The van der Waals surface area contributed by atoms with Crippen LogP contribution in [-0.4, -0.2) is 26.1 Å². The number of nitrogens with one attached hydrogen (secondary N) is 1. The lowest BCUT2D eigenvalue weighted by Crippen LogP contribution is -2.27. The van der Waals surface area contributed by atoms with E-state index in [1.165, 1.54) is 36.4 Å². The zero-order chi connectivity index (χ0) is 28.4. The molecule has 0 radical (unpaired) electrons. The van der Waals surface area contributed by atoms with Crippen LogP contribution in [0.3, 0.4) is 0 Å². The second-order valence-electron chi connectivity index (χ2n) is 9.25. The minimum atomic E-state index is -4.76. The van der Waals surface area contributed by atoms with Crippen LogP contribution in [0.2, 0.25) is 0 Å². The van der Waals surface area contributed by atoms with Crippen LogP contribution in [0, 0.1) is 5.82 Å². The van der Waals surface area contributed by atoms with Crippen molar-refractivity contribution < 1.29 is 22.3 Å². The summed E-state index contributed by atoms with van der Waals surface area (Å²) in [6.45, 7) is 4.17. The fraction of sp³-hybridized carbons (Fsp3) is 0.241. The second kappa shape index (κ2) is 10.9. The lowest BCUT2D eigenvalue weighted by molar-refractivity contribution is -0.136. The Morgan fingerprint density at radius 3 is 2.60 bits per heavy atom. The molecule has 0 saturated heterocycles. The van der Waals surface area contributed by atoms with Gasteiger partial charge in [-0.25, -0.2) is 4.39 Å². The van der Waals surface area contributed by atoms with Crippen molar-refractivity contribution in [3.8, 4) is 11.7 Å².